The van der Waals surface area contributed by atoms with Gasteiger partial charge in [0.2, 0.25) is 0 Å². The van der Waals surface area contributed by atoms with Gasteiger partial charge in [-0.25, -0.2) is 0 Å². The molecule has 0 radical (unpaired) electrons. The number of allylic oxidation sites excluding steroid dienone is 3. The van der Waals surface area contributed by atoms with Crippen LogP contribution in [0.3, 0.4) is 0 Å². The molecule has 13 heteroatoms. The van der Waals surface area contributed by atoms with Gasteiger partial charge in [0.05, 0.1) is 38.1 Å². The van der Waals surface area contributed by atoms with Gasteiger partial charge < -0.3 is 64.9 Å². The van der Waals surface area contributed by atoms with Crippen molar-refractivity contribution in [3.05, 3.63) is 23.3 Å². The zero-order valence-electron chi connectivity index (χ0n) is 33.7. The molecule has 19 atom stereocenters. The summed E-state index contributed by atoms with van der Waals surface area (Å²) in [5, 5.41) is 98.1. The van der Waals surface area contributed by atoms with Gasteiger partial charge in [-0.2, -0.15) is 0 Å². The van der Waals surface area contributed by atoms with E-state index >= 15 is 0 Å². The lowest BCUT2D eigenvalue weighted by molar-refractivity contribution is -0.368. The van der Waals surface area contributed by atoms with Gasteiger partial charge >= 0.3 is 0 Å². The zero-order valence-corrected chi connectivity index (χ0v) is 33.7. The molecule has 5 fully saturated rings. The summed E-state index contributed by atoms with van der Waals surface area (Å²) in [6.07, 6.45) is -4.80. The van der Waals surface area contributed by atoms with Gasteiger partial charge in [0.15, 0.2) is 12.6 Å². The van der Waals surface area contributed by atoms with Gasteiger partial charge in [0, 0.05) is 16.2 Å². The van der Waals surface area contributed by atoms with Gasteiger partial charge in [0.1, 0.15) is 42.7 Å². The fourth-order valence-corrected chi connectivity index (χ4v) is 13.0. The van der Waals surface area contributed by atoms with Crippen molar-refractivity contribution in [3.8, 4) is 0 Å². The minimum atomic E-state index is -1.68. The largest absolute Gasteiger partial charge is 0.396 e. The topological polar surface area (TPSA) is 219 Å². The van der Waals surface area contributed by atoms with Crippen molar-refractivity contribution in [2.75, 3.05) is 19.8 Å². The smallest absolute Gasteiger partial charge is 0.187 e. The molecule has 7 rings (SSSR count). The van der Waals surface area contributed by atoms with E-state index in [9.17, 15) is 46.0 Å². The minimum absolute atomic E-state index is 0.00450. The molecule has 2 heterocycles. The Kier molecular flexibility index (Phi) is 11.0. The quantitative estimate of drug-likeness (QED) is 0.168. The van der Waals surface area contributed by atoms with E-state index in [1.54, 1.807) is 0 Å². The Morgan fingerprint density at radius 2 is 1.44 bits per heavy atom. The highest BCUT2D eigenvalue weighted by Gasteiger charge is 2.69. The molecule has 55 heavy (non-hydrogen) atoms. The van der Waals surface area contributed by atoms with Gasteiger partial charge in [-0.05, 0) is 91.9 Å². The third-order valence-corrected chi connectivity index (χ3v) is 16.8. The van der Waals surface area contributed by atoms with Crippen molar-refractivity contribution >= 4 is 0 Å². The van der Waals surface area contributed by atoms with E-state index in [2.05, 4.69) is 46.8 Å². The zero-order chi connectivity index (χ0) is 40.3. The maximum Gasteiger partial charge on any atom is 0.187 e. The average Bonchev–Trinajstić information content (AvgIpc) is 3.13. The van der Waals surface area contributed by atoms with Crippen molar-refractivity contribution in [2.24, 2.45) is 44.3 Å². The molecule has 0 aromatic rings. The molecule has 13 nitrogen and oxygen atoms in total. The summed E-state index contributed by atoms with van der Waals surface area (Å²) >= 11 is 0. The summed E-state index contributed by atoms with van der Waals surface area (Å²) in [6.45, 7) is 14.2. The Balaban J connectivity index is 1.16. The lowest BCUT2D eigenvalue weighted by atomic mass is 9.35. The molecule has 5 aliphatic carbocycles. The summed E-state index contributed by atoms with van der Waals surface area (Å²) in [5.74, 6) is 0.113. The third-order valence-electron chi connectivity index (χ3n) is 16.8. The number of hydrogen-bond donors (Lipinski definition) is 9. The van der Waals surface area contributed by atoms with Crippen LogP contribution in [0.2, 0.25) is 0 Å². The van der Waals surface area contributed by atoms with Gasteiger partial charge in [0.25, 0.3) is 0 Å². The fraction of sp³-hybridized carbons (Fsp3) is 0.905. The van der Waals surface area contributed by atoms with E-state index < -0.39 is 91.1 Å². The Morgan fingerprint density at radius 1 is 0.745 bits per heavy atom. The Labute approximate surface area is 325 Å². The van der Waals surface area contributed by atoms with Crippen LogP contribution in [0.4, 0.5) is 0 Å². The number of ether oxygens (including phenoxy) is 4. The normalized spacial score (nSPS) is 54.9. The minimum Gasteiger partial charge on any atom is -0.396 e. The first-order valence-electron chi connectivity index (χ1n) is 20.6. The van der Waals surface area contributed by atoms with Gasteiger partial charge in [-0.15, -0.1) is 0 Å². The second-order valence-electron chi connectivity index (χ2n) is 20.3. The lowest BCUT2D eigenvalue weighted by Gasteiger charge is -2.70. The molecule has 314 valence electrons. The van der Waals surface area contributed by atoms with Crippen LogP contribution in [-0.2, 0) is 18.9 Å². The molecule has 9 N–H and O–H groups in total. The van der Waals surface area contributed by atoms with Crippen LogP contribution < -0.4 is 0 Å². The van der Waals surface area contributed by atoms with E-state index in [-0.39, 0.29) is 46.7 Å². The second-order valence-corrected chi connectivity index (χ2v) is 20.3. The van der Waals surface area contributed by atoms with Crippen molar-refractivity contribution in [1.82, 2.24) is 0 Å². The van der Waals surface area contributed by atoms with Crippen LogP contribution in [-0.4, -0.2) is 139 Å². The Morgan fingerprint density at radius 3 is 2.09 bits per heavy atom. The summed E-state index contributed by atoms with van der Waals surface area (Å²) in [7, 11) is 0. The number of aliphatic hydroxyl groups is 9. The highest BCUT2D eigenvalue weighted by Crippen LogP contribution is 2.74. The average molecular weight is 781 g/mol. The van der Waals surface area contributed by atoms with E-state index in [1.165, 1.54) is 18.1 Å². The SMILES string of the molecule is C[C@H]1O[C@@H](O[C@H]2[C@@H](O)[C@@H](CO)O[C@@H](O[C@H]3CC[C@]4(C)C5C=CC6=C7CC(C)(C)CC[C@]7(CO)[C@@H](O)C[C@@]6(C)[C@]5(C)CC[C@H]4[C@]3(C)CO)[C@@H]2O)[C@H](O)[C@@H](O)[C@@H]1O. The van der Waals surface area contributed by atoms with Crippen LogP contribution in [0.15, 0.2) is 23.3 Å². The highest BCUT2D eigenvalue weighted by molar-refractivity contribution is 5.47. The molecule has 0 spiro atoms. The van der Waals surface area contributed by atoms with Gasteiger partial charge in [-0.3, -0.25) is 0 Å². The molecule has 0 amide bonds. The standard InChI is InChI=1S/C42H68O13/c1-21-29(47)31(49)32(50)35(52-21)55-34-30(48)24(18-43)53-36(33(34)51)54-28-11-12-38(4)25(39(28,5)19-44)10-13-40(6)26(38)9-8-22-23-16-37(2,3)14-15-42(23,20-45)27(46)17-41(22,40)7/h8-9,21,24-36,43-51H,10-20H2,1-7H3/t21-,24-,25-,26?,27+,28+,29-,30+,31+,32-,33-,34+,35+,36+,38+,39+,40-,41-,42-/m1/s1. The number of rotatable bonds is 7. The molecular weight excluding hydrogens is 712 g/mol. The molecule has 2 aliphatic heterocycles. The summed E-state index contributed by atoms with van der Waals surface area (Å²) in [6, 6.07) is 0. The maximum atomic E-state index is 12.0. The van der Waals surface area contributed by atoms with Crippen molar-refractivity contribution in [2.45, 2.75) is 173 Å². The number of aliphatic hydroxyl groups excluding tert-OH is 9. The summed E-state index contributed by atoms with van der Waals surface area (Å²) in [5.41, 5.74) is 0.374. The molecule has 1 unspecified atom stereocenters. The van der Waals surface area contributed by atoms with E-state index in [0.717, 1.165) is 38.5 Å². The van der Waals surface area contributed by atoms with E-state index in [1.807, 2.05) is 6.92 Å². The van der Waals surface area contributed by atoms with E-state index in [0.29, 0.717) is 12.8 Å². The molecule has 3 saturated carbocycles. The summed E-state index contributed by atoms with van der Waals surface area (Å²) in [4.78, 5) is 0. The second kappa shape index (κ2) is 14.3. The first-order chi connectivity index (χ1) is 25.7. The molecule has 0 aromatic carbocycles. The Bertz CT molecular complexity index is 1500. The third kappa shape index (κ3) is 6.12. The highest BCUT2D eigenvalue weighted by atomic mass is 16.7. The molecule has 0 bridgehead atoms. The number of hydrogen-bond acceptors (Lipinski definition) is 13. The van der Waals surface area contributed by atoms with Crippen molar-refractivity contribution in [3.63, 3.8) is 0 Å². The first-order valence-corrected chi connectivity index (χ1v) is 20.6. The van der Waals surface area contributed by atoms with Crippen molar-refractivity contribution in [1.29, 1.82) is 0 Å². The predicted molar refractivity (Wildman–Crippen MR) is 199 cm³/mol. The monoisotopic (exact) mass is 780 g/mol. The predicted octanol–water partition coefficient (Wildman–Crippen LogP) is 1.68. The summed E-state index contributed by atoms with van der Waals surface area (Å²) < 4.78 is 24.0. The van der Waals surface area contributed by atoms with Crippen LogP contribution in [0.25, 0.3) is 0 Å². The maximum absolute atomic E-state index is 12.0. The van der Waals surface area contributed by atoms with Crippen molar-refractivity contribution < 1.29 is 64.9 Å². The van der Waals surface area contributed by atoms with Crippen LogP contribution in [0, 0.1) is 44.3 Å². The number of fused-ring (bicyclic) bond motifs is 6. The molecule has 0 aromatic heterocycles. The first kappa shape index (κ1) is 42.1. The van der Waals surface area contributed by atoms with Crippen LogP contribution in [0.1, 0.15) is 99.8 Å². The molecular formula is C42H68O13. The lowest BCUT2D eigenvalue weighted by Crippen LogP contribution is -2.67. The van der Waals surface area contributed by atoms with Gasteiger partial charge in [-0.1, -0.05) is 59.3 Å². The Hall–Kier alpha value is -1.04. The molecule has 7 aliphatic rings. The van der Waals surface area contributed by atoms with Crippen LogP contribution in [0.5, 0.6) is 0 Å². The van der Waals surface area contributed by atoms with Crippen LogP contribution >= 0.6 is 0 Å². The molecule has 2 saturated heterocycles. The fourth-order valence-electron chi connectivity index (χ4n) is 13.0. The van der Waals surface area contributed by atoms with E-state index in [4.69, 9.17) is 18.9 Å².